The van der Waals surface area contributed by atoms with Crippen LogP contribution in [0.1, 0.15) is 0 Å². The van der Waals surface area contributed by atoms with Crippen LogP contribution in [0.3, 0.4) is 0 Å². The number of nitrogens with two attached hydrogens (primary N) is 1. The summed E-state index contributed by atoms with van der Waals surface area (Å²) >= 11 is 5.40. The van der Waals surface area contributed by atoms with Gasteiger partial charge in [0.2, 0.25) is 0 Å². The molecular weight excluding hydrogens is 276 g/mol. The Morgan fingerprint density at radius 2 is 2.06 bits per heavy atom. The Bertz CT molecular complexity index is 450. The van der Waals surface area contributed by atoms with E-state index in [1.54, 1.807) is 0 Å². The van der Waals surface area contributed by atoms with Gasteiger partial charge in [0, 0.05) is 6.07 Å². The van der Waals surface area contributed by atoms with Crippen LogP contribution < -0.4 is 10.5 Å². The quantitative estimate of drug-likeness (QED) is 0.507. The van der Waals surface area contributed by atoms with Gasteiger partial charge in [-0.15, -0.1) is 0 Å². The fourth-order valence-electron chi connectivity index (χ4n) is 1.11. The zero-order valence-electron chi connectivity index (χ0n) is 8.89. The topological polar surface area (TPSA) is 59.1 Å². The van der Waals surface area contributed by atoms with Crippen LogP contribution in [0.5, 0.6) is 5.75 Å². The number of rotatable bonds is 4. The molecule has 0 saturated heterocycles. The summed E-state index contributed by atoms with van der Waals surface area (Å²) in [5.74, 6) is -4.21. The maximum Gasteiger partial charge on any atom is 0.401 e. The third kappa shape index (κ3) is 3.76. The number of hydrogen-bond donors (Lipinski definition) is 2. The fourth-order valence-corrected chi connectivity index (χ4v) is 1.22. The lowest BCUT2D eigenvalue weighted by atomic mass is 10.1. The van der Waals surface area contributed by atoms with Crippen molar-refractivity contribution < 1.29 is 22.3 Å². The molecule has 0 bridgehead atoms. The summed E-state index contributed by atoms with van der Waals surface area (Å²) in [4.78, 5) is 0. The van der Waals surface area contributed by atoms with Gasteiger partial charge in [0.1, 0.15) is 29.9 Å². The predicted octanol–water partition coefficient (Wildman–Crippen LogP) is 2.97. The third-order valence-corrected chi connectivity index (χ3v) is 2.38. The average Bonchev–Trinajstić information content (AvgIpc) is 2.21. The molecule has 1 aromatic carbocycles. The van der Waals surface area contributed by atoms with Gasteiger partial charge in [-0.1, -0.05) is 11.6 Å². The number of alkyl halides is 3. The Labute approximate surface area is 105 Å². The van der Waals surface area contributed by atoms with Gasteiger partial charge in [-0.25, -0.2) is 4.39 Å². The molecule has 0 saturated carbocycles. The molecule has 1 atom stereocenters. The highest BCUT2D eigenvalue weighted by Crippen LogP contribution is 2.27. The van der Waals surface area contributed by atoms with E-state index < -0.39 is 30.4 Å². The number of amidine groups is 1. The number of nitrogens with one attached hydrogen (secondary N) is 1. The van der Waals surface area contributed by atoms with Crippen molar-refractivity contribution in [1.29, 1.82) is 5.41 Å². The van der Waals surface area contributed by atoms with Crippen LogP contribution in [-0.4, -0.2) is 18.6 Å². The minimum Gasteiger partial charge on any atom is -0.492 e. The molecule has 1 unspecified atom stereocenters. The van der Waals surface area contributed by atoms with Gasteiger partial charge < -0.3 is 10.5 Å². The summed E-state index contributed by atoms with van der Waals surface area (Å²) < 4.78 is 55.0. The van der Waals surface area contributed by atoms with Gasteiger partial charge in [0.25, 0.3) is 0 Å². The molecule has 0 aliphatic heterocycles. The first-order valence-corrected chi connectivity index (χ1v) is 5.08. The largest absolute Gasteiger partial charge is 0.492 e. The molecule has 0 fully saturated rings. The van der Waals surface area contributed by atoms with Crippen LogP contribution in [0, 0.1) is 17.1 Å². The van der Waals surface area contributed by atoms with Crippen molar-refractivity contribution in [3.05, 3.63) is 29.0 Å². The SMILES string of the molecule is N=C(N)C(COc1ccc(Cl)c(F)c1)C(F)(F)F. The lowest BCUT2D eigenvalue weighted by Crippen LogP contribution is -2.39. The van der Waals surface area contributed by atoms with E-state index in [9.17, 15) is 17.6 Å². The minimum atomic E-state index is -4.68. The van der Waals surface area contributed by atoms with Crippen molar-refractivity contribution >= 4 is 17.4 Å². The summed E-state index contributed by atoms with van der Waals surface area (Å²) in [6.07, 6.45) is -4.68. The van der Waals surface area contributed by atoms with Crippen molar-refractivity contribution in [2.24, 2.45) is 11.7 Å². The van der Waals surface area contributed by atoms with Crippen LogP contribution in [-0.2, 0) is 0 Å². The zero-order valence-corrected chi connectivity index (χ0v) is 9.65. The van der Waals surface area contributed by atoms with Gasteiger partial charge in [0.15, 0.2) is 0 Å². The summed E-state index contributed by atoms with van der Waals surface area (Å²) in [6.45, 7) is -0.889. The predicted molar refractivity (Wildman–Crippen MR) is 58.4 cm³/mol. The molecule has 1 aromatic rings. The van der Waals surface area contributed by atoms with Crippen molar-refractivity contribution in [2.75, 3.05) is 6.61 Å². The minimum absolute atomic E-state index is 0.118. The smallest absolute Gasteiger partial charge is 0.401 e. The van der Waals surface area contributed by atoms with E-state index in [0.29, 0.717) is 0 Å². The lowest BCUT2D eigenvalue weighted by molar-refractivity contribution is -0.162. The monoisotopic (exact) mass is 284 g/mol. The van der Waals surface area contributed by atoms with Gasteiger partial charge >= 0.3 is 6.18 Å². The molecule has 18 heavy (non-hydrogen) atoms. The maximum atomic E-state index is 13.0. The molecule has 3 N–H and O–H groups in total. The van der Waals surface area contributed by atoms with E-state index >= 15 is 0 Å². The second-order valence-corrected chi connectivity index (χ2v) is 3.84. The highest BCUT2D eigenvalue weighted by atomic mass is 35.5. The normalized spacial score (nSPS) is 13.2. The molecule has 1 rings (SSSR count). The Morgan fingerprint density at radius 3 is 2.50 bits per heavy atom. The summed E-state index contributed by atoms with van der Waals surface area (Å²) in [5, 5.41) is 6.67. The van der Waals surface area contributed by atoms with E-state index in [2.05, 4.69) is 0 Å². The van der Waals surface area contributed by atoms with Crippen molar-refractivity contribution in [3.8, 4) is 5.75 Å². The molecule has 0 aliphatic rings. The summed E-state index contributed by atoms with van der Waals surface area (Å²) in [6, 6.07) is 3.23. The molecular formula is C10H9ClF4N2O. The van der Waals surface area contributed by atoms with Gasteiger partial charge in [0.05, 0.1) is 5.02 Å². The van der Waals surface area contributed by atoms with Crippen LogP contribution in [0.2, 0.25) is 5.02 Å². The molecule has 8 heteroatoms. The van der Waals surface area contributed by atoms with Gasteiger partial charge in [-0.3, -0.25) is 5.41 Å². The first-order valence-electron chi connectivity index (χ1n) is 4.70. The number of hydrogen-bond acceptors (Lipinski definition) is 2. The molecule has 3 nitrogen and oxygen atoms in total. The fraction of sp³-hybridized carbons (Fsp3) is 0.300. The number of halogens is 5. The second-order valence-electron chi connectivity index (χ2n) is 3.44. The Hall–Kier alpha value is -1.50. The lowest BCUT2D eigenvalue weighted by Gasteiger charge is -2.19. The summed E-state index contributed by atoms with van der Waals surface area (Å²) in [5.41, 5.74) is 4.83. The molecule has 100 valence electrons. The molecule has 0 heterocycles. The second kappa shape index (κ2) is 5.43. The van der Waals surface area contributed by atoms with Crippen molar-refractivity contribution in [1.82, 2.24) is 0 Å². The summed E-state index contributed by atoms with van der Waals surface area (Å²) in [7, 11) is 0. The Balaban J connectivity index is 2.73. The molecule has 0 aromatic heterocycles. The number of benzene rings is 1. The van der Waals surface area contributed by atoms with Crippen LogP contribution in [0.15, 0.2) is 18.2 Å². The van der Waals surface area contributed by atoms with E-state index in [-0.39, 0.29) is 10.8 Å². The van der Waals surface area contributed by atoms with Crippen molar-refractivity contribution in [2.45, 2.75) is 6.18 Å². The highest BCUT2D eigenvalue weighted by molar-refractivity contribution is 6.30. The molecule has 0 spiro atoms. The van der Waals surface area contributed by atoms with E-state index in [1.165, 1.54) is 6.07 Å². The standard InChI is InChI=1S/C10H9ClF4N2O/c11-7-2-1-5(3-8(7)12)18-4-6(9(16)17)10(13,14)15/h1-3,6H,4H2,(H3,16,17). The average molecular weight is 285 g/mol. The first-order chi connectivity index (χ1) is 8.21. The van der Waals surface area contributed by atoms with Gasteiger partial charge in [-0.2, -0.15) is 13.2 Å². The van der Waals surface area contributed by atoms with Crippen LogP contribution in [0.4, 0.5) is 17.6 Å². The van der Waals surface area contributed by atoms with E-state index in [4.69, 9.17) is 27.5 Å². The van der Waals surface area contributed by atoms with Gasteiger partial charge in [-0.05, 0) is 12.1 Å². The highest BCUT2D eigenvalue weighted by Gasteiger charge is 2.42. The Kier molecular flexibility index (Phi) is 4.39. The zero-order chi connectivity index (χ0) is 13.9. The first kappa shape index (κ1) is 14.6. The maximum absolute atomic E-state index is 13.0. The van der Waals surface area contributed by atoms with E-state index in [1.807, 2.05) is 0 Å². The van der Waals surface area contributed by atoms with E-state index in [0.717, 1.165) is 12.1 Å². The van der Waals surface area contributed by atoms with Crippen LogP contribution in [0.25, 0.3) is 0 Å². The van der Waals surface area contributed by atoms with Crippen molar-refractivity contribution in [3.63, 3.8) is 0 Å². The molecule has 0 aliphatic carbocycles. The molecule has 0 radical (unpaired) electrons. The molecule has 0 amide bonds. The number of ether oxygens (including phenoxy) is 1. The third-order valence-electron chi connectivity index (χ3n) is 2.08. The Morgan fingerprint density at radius 1 is 1.44 bits per heavy atom. The van der Waals surface area contributed by atoms with Crippen LogP contribution >= 0.6 is 11.6 Å².